The van der Waals surface area contributed by atoms with Gasteiger partial charge in [0.2, 0.25) is 5.91 Å². The van der Waals surface area contributed by atoms with Crippen molar-refractivity contribution in [1.29, 1.82) is 0 Å². The number of carbonyl (C=O) groups is 1. The van der Waals surface area contributed by atoms with Gasteiger partial charge in [0, 0.05) is 15.7 Å². The fourth-order valence-corrected chi connectivity index (χ4v) is 6.36. The molecule has 2 aliphatic rings. The van der Waals surface area contributed by atoms with Gasteiger partial charge in [0.15, 0.2) is 0 Å². The van der Waals surface area contributed by atoms with E-state index in [9.17, 15) is 36.2 Å². The SMILES string of the molecule is C[C@H]1Sc2cc(C(O)(C(F)(F)F)C(F)(F)F)ccc2N2C(=O)[C@H](c3ccccc3)c3ccccc3[C@@H]12. The highest BCUT2D eigenvalue weighted by Crippen LogP contribution is 2.56. The second-order valence-corrected chi connectivity index (χ2v) is 10.3. The van der Waals surface area contributed by atoms with Crippen LogP contribution in [0.1, 0.15) is 41.1 Å². The fourth-order valence-electron chi connectivity index (χ4n) is 5.08. The Morgan fingerprint density at radius 1 is 0.833 bits per heavy atom. The van der Waals surface area contributed by atoms with Gasteiger partial charge in [0.25, 0.3) is 5.60 Å². The first kappa shape index (κ1) is 24.7. The summed E-state index contributed by atoms with van der Waals surface area (Å²) >= 11 is 1.07. The Morgan fingerprint density at radius 2 is 1.42 bits per heavy atom. The molecular formula is C26H19F6NO2S. The summed E-state index contributed by atoms with van der Waals surface area (Å²) < 4.78 is 80.9. The van der Waals surface area contributed by atoms with Crippen molar-refractivity contribution in [3.05, 3.63) is 95.1 Å². The molecule has 0 spiro atoms. The number of anilines is 1. The molecule has 0 bridgehead atoms. The minimum absolute atomic E-state index is 0.0581. The number of benzene rings is 3. The van der Waals surface area contributed by atoms with Crippen molar-refractivity contribution in [2.45, 2.75) is 47.0 Å². The molecule has 10 heteroatoms. The van der Waals surface area contributed by atoms with Gasteiger partial charge in [-0.05, 0) is 28.8 Å². The summed E-state index contributed by atoms with van der Waals surface area (Å²) in [6.07, 6.45) is -12.0. The number of hydrogen-bond acceptors (Lipinski definition) is 3. The number of thioether (sulfide) groups is 1. The molecule has 0 saturated heterocycles. The lowest BCUT2D eigenvalue weighted by atomic mass is 9.79. The quantitative estimate of drug-likeness (QED) is 0.380. The Morgan fingerprint density at radius 3 is 2.03 bits per heavy atom. The molecule has 1 N–H and O–H groups in total. The number of fused-ring (bicyclic) bond motifs is 5. The summed E-state index contributed by atoms with van der Waals surface area (Å²) in [6.45, 7) is 1.77. The van der Waals surface area contributed by atoms with Crippen molar-refractivity contribution in [2.24, 2.45) is 0 Å². The van der Waals surface area contributed by atoms with Gasteiger partial charge >= 0.3 is 12.4 Å². The van der Waals surface area contributed by atoms with Crippen molar-refractivity contribution in [2.75, 3.05) is 4.90 Å². The maximum atomic E-state index is 13.9. The summed E-state index contributed by atoms with van der Waals surface area (Å²) in [5.74, 6) is -1.02. The largest absolute Gasteiger partial charge is 0.430 e. The number of aliphatic hydroxyl groups is 1. The van der Waals surface area contributed by atoms with Crippen molar-refractivity contribution in [1.82, 2.24) is 0 Å². The number of amides is 1. The lowest BCUT2D eigenvalue weighted by Gasteiger charge is -2.47. The molecule has 2 aliphatic heterocycles. The summed E-state index contributed by atoms with van der Waals surface area (Å²) in [5, 5.41) is 9.50. The van der Waals surface area contributed by atoms with Crippen LogP contribution in [-0.4, -0.2) is 28.6 Å². The highest BCUT2D eigenvalue weighted by Gasteiger charge is 2.71. The van der Waals surface area contributed by atoms with Crippen LogP contribution in [0.4, 0.5) is 32.0 Å². The van der Waals surface area contributed by atoms with E-state index in [-0.39, 0.29) is 21.7 Å². The summed E-state index contributed by atoms with van der Waals surface area (Å²) in [4.78, 5) is 15.5. The Hall–Kier alpha value is -2.98. The molecule has 0 radical (unpaired) electrons. The van der Waals surface area contributed by atoms with Gasteiger partial charge < -0.3 is 10.0 Å². The van der Waals surface area contributed by atoms with Gasteiger partial charge in [-0.25, -0.2) is 0 Å². The van der Waals surface area contributed by atoms with Crippen LogP contribution in [0.5, 0.6) is 0 Å². The lowest BCUT2D eigenvalue weighted by molar-refractivity contribution is -0.376. The highest BCUT2D eigenvalue weighted by atomic mass is 32.2. The number of nitrogens with zero attached hydrogens (tertiary/aromatic N) is 1. The molecule has 5 rings (SSSR count). The van der Waals surface area contributed by atoms with Crippen LogP contribution < -0.4 is 4.90 Å². The molecule has 36 heavy (non-hydrogen) atoms. The molecule has 3 aromatic carbocycles. The first-order valence-electron chi connectivity index (χ1n) is 11.0. The van der Waals surface area contributed by atoms with Crippen LogP contribution in [0.3, 0.4) is 0 Å². The smallest absolute Gasteiger partial charge is 0.369 e. The Labute approximate surface area is 206 Å². The second-order valence-electron chi connectivity index (χ2n) is 8.84. The van der Waals surface area contributed by atoms with E-state index in [1.54, 1.807) is 31.2 Å². The van der Waals surface area contributed by atoms with Crippen LogP contribution in [0.15, 0.2) is 77.7 Å². The van der Waals surface area contributed by atoms with Gasteiger partial charge in [0.1, 0.15) is 0 Å². The third-order valence-electron chi connectivity index (χ3n) is 6.74. The molecule has 1 amide bonds. The third-order valence-corrected chi connectivity index (χ3v) is 7.95. The molecule has 0 aromatic heterocycles. The molecule has 0 fully saturated rings. The predicted molar refractivity (Wildman–Crippen MR) is 123 cm³/mol. The van der Waals surface area contributed by atoms with E-state index in [2.05, 4.69) is 0 Å². The first-order chi connectivity index (χ1) is 16.9. The van der Waals surface area contributed by atoms with E-state index in [1.165, 1.54) is 4.90 Å². The molecule has 3 atom stereocenters. The monoisotopic (exact) mass is 523 g/mol. The number of hydrogen-bond donors (Lipinski definition) is 1. The standard InChI is InChI=1S/C26H19F6NO2S/c1-14-22-18-10-6-5-9-17(18)21(15-7-3-2-4-8-15)23(34)33(22)19-12-11-16(13-20(19)36-14)24(35,25(27,28)29)26(30,31)32/h2-14,21-22,35H,1H3/t14-,21-,22-/m1/s1. The Bertz CT molecular complexity index is 1310. The molecule has 3 nitrogen and oxygen atoms in total. The maximum absolute atomic E-state index is 13.9. The van der Waals surface area contributed by atoms with Gasteiger partial charge in [-0.2, -0.15) is 26.3 Å². The molecule has 3 aromatic rings. The molecule has 188 valence electrons. The van der Waals surface area contributed by atoms with Crippen molar-refractivity contribution in [3.8, 4) is 0 Å². The van der Waals surface area contributed by atoms with E-state index in [0.29, 0.717) is 12.1 Å². The van der Waals surface area contributed by atoms with Gasteiger partial charge in [-0.15, -0.1) is 11.8 Å². The summed E-state index contributed by atoms with van der Waals surface area (Å²) in [7, 11) is 0. The predicted octanol–water partition coefficient (Wildman–Crippen LogP) is 6.71. The van der Waals surface area contributed by atoms with Crippen LogP contribution in [0, 0.1) is 0 Å². The zero-order chi connectivity index (χ0) is 26.0. The van der Waals surface area contributed by atoms with Crippen LogP contribution >= 0.6 is 11.8 Å². The zero-order valence-electron chi connectivity index (χ0n) is 18.6. The van der Waals surface area contributed by atoms with Crippen molar-refractivity contribution >= 4 is 23.4 Å². The number of carbonyl (C=O) groups excluding carboxylic acids is 1. The number of alkyl halides is 6. The van der Waals surface area contributed by atoms with Gasteiger partial charge in [0.05, 0.1) is 17.6 Å². The van der Waals surface area contributed by atoms with Crippen LogP contribution in [-0.2, 0) is 10.4 Å². The molecule has 2 heterocycles. The Kier molecular flexibility index (Phi) is 5.68. The van der Waals surface area contributed by atoms with E-state index in [1.807, 2.05) is 30.3 Å². The average molecular weight is 523 g/mol. The van der Waals surface area contributed by atoms with E-state index in [0.717, 1.165) is 34.5 Å². The summed E-state index contributed by atoms with van der Waals surface area (Å²) in [6, 6.07) is 18.3. The minimum Gasteiger partial charge on any atom is -0.369 e. The van der Waals surface area contributed by atoms with Crippen LogP contribution in [0.2, 0.25) is 0 Å². The average Bonchev–Trinajstić information content (AvgIpc) is 2.82. The van der Waals surface area contributed by atoms with Crippen molar-refractivity contribution in [3.63, 3.8) is 0 Å². The third kappa shape index (κ3) is 3.53. The zero-order valence-corrected chi connectivity index (χ0v) is 19.5. The van der Waals surface area contributed by atoms with E-state index in [4.69, 9.17) is 0 Å². The second kappa shape index (κ2) is 8.27. The van der Waals surface area contributed by atoms with E-state index >= 15 is 0 Å². The van der Waals surface area contributed by atoms with Crippen LogP contribution in [0.25, 0.3) is 0 Å². The summed E-state index contributed by atoms with van der Waals surface area (Å²) in [5.41, 5.74) is -3.78. The number of halogens is 6. The first-order valence-corrected chi connectivity index (χ1v) is 11.9. The molecule has 0 aliphatic carbocycles. The van der Waals surface area contributed by atoms with Crippen molar-refractivity contribution < 1.29 is 36.2 Å². The molecule has 0 unspecified atom stereocenters. The normalized spacial score (nSPS) is 22.1. The molecule has 0 saturated carbocycles. The van der Waals surface area contributed by atoms with Gasteiger partial charge in [-0.1, -0.05) is 67.6 Å². The number of rotatable bonds is 2. The minimum atomic E-state index is -5.99. The lowest BCUT2D eigenvalue weighted by Crippen LogP contribution is -2.54. The van der Waals surface area contributed by atoms with Gasteiger partial charge in [-0.3, -0.25) is 4.79 Å². The van der Waals surface area contributed by atoms with E-state index < -0.39 is 35.5 Å². The molecular weight excluding hydrogens is 504 g/mol. The topological polar surface area (TPSA) is 40.5 Å². The Balaban J connectivity index is 1.68. The maximum Gasteiger partial charge on any atom is 0.430 e. The highest BCUT2D eigenvalue weighted by molar-refractivity contribution is 8.00. The fraction of sp³-hybridized carbons (Fsp3) is 0.269.